The lowest BCUT2D eigenvalue weighted by molar-refractivity contribution is 0.0945. The normalized spacial score (nSPS) is 14.8. The van der Waals surface area contributed by atoms with Crippen molar-refractivity contribution >= 4 is 15.9 Å². The van der Waals surface area contributed by atoms with Gasteiger partial charge in [-0.25, -0.2) is 12.7 Å². The zero-order valence-electron chi connectivity index (χ0n) is 13.6. The predicted octanol–water partition coefficient (Wildman–Crippen LogP) is 1.47. The second kappa shape index (κ2) is 6.37. The maximum absolute atomic E-state index is 12.3. The number of hydrogen-bond donors (Lipinski definition) is 2. The minimum Gasteiger partial charge on any atom is -0.347 e. The van der Waals surface area contributed by atoms with E-state index < -0.39 is 10.0 Å². The highest BCUT2D eigenvalue weighted by atomic mass is 32.2. The molecule has 1 aromatic heterocycles. The van der Waals surface area contributed by atoms with Gasteiger partial charge in [-0.15, -0.1) is 0 Å². The number of amides is 1. The van der Waals surface area contributed by atoms with E-state index in [4.69, 9.17) is 0 Å². The van der Waals surface area contributed by atoms with Crippen molar-refractivity contribution in [3.8, 4) is 0 Å². The van der Waals surface area contributed by atoms with E-state index in [1.807, 2.05) is 0 Å². The third-order valence-corrected chi connectivity index (χ3v) is 5.93. The van der Waals surface area contributed by atoms with Crippen LogP contribution in [0.4, 0.5) is 0 Å². The molecule has 2 N–H and O–H groups in total. The van der Waals surface area contributed by atoms with Crippen LogP contribution in [0.3, 0.4) is 0 Å². The number of benzene rings is 1. The van der Waals surface area contributed by atoms with Crippen LogP contribution in [0.25, 0.3) is 0 Å². The number of H-pyrrole nitrogens is 1. The molecule has 0 saturated heterocycles. The highest BCUT2D eigenvalue weighted by molar-refractivity contribution is 7.89. The van der Waals surface area contributed by atoms with Crippen molar-refractivity contribution in [2.45, 2.75) is 30.2 Å². The minimum atomic E-state index is -3.56. The highest BCUT2D eigenvalue weighted by Crippen LogP contribution is 2.38. The van der Waals surface area contributed by atoms with Crippen molar-refractivity contribution in [3.05, 3.63) is 47.3 Å². The molecule has 0 radical (unpaired) electrons. The first-order valence-corrected chi connectivity index (χ1v) is 9.17. The molecule has 1 amide bonds. The first-order valence-electron chi connectivity index (χ1n) is 7.73. The van der Waals surface area contributed by atoms with Crippen molar-refractivity contribution in [3.63, 3.8) is 0 Å². The number of rotatable bonds is 6. The lowest BCUT2D eigenvalue weighted by Gasteiger charge is -2.15. The van der Waals surface area contributed by atoms with Gasteiger partial charge in [-0.1, -0.05) is 18.2 Å². The molecule has 2 aromatic rings. The first kappa shape index (κ1) is 16.7. The fourth-order valence-corrected chi connectivity index (χ4v) is 3.54. The molecule has 1 fully saturated rings. The number of carbonyl (C=O) groups excluding carboxylic acids is 1. The fraction of sp³-hybridized carbons (Fsp3) is 0.375. The third-order valence-electron chi connectivity index (χ3n) is 4.02. The molecule has 1 aliphatic rings. The summed E-state index contributed by atoms with van der Waals surface area (Å²) in [6, 6.07) is 8.40. The molecule has 1 aliphatic carbocycles. The van der Waals surface area contributed by atoms with Crippen molar-refractivity contribution in [1.82, 2.24) is 19.8 Å². The maximum Gasteiger partial charge on any atom is 0.272 e. The van der Waals surface area contributed by atoms with Gasteiger partial charge < -0.3 is 5.32 Å². The van der Waals surface area contributed by atoms with Gasteiger partial charge in [-0.2, -0.15) is 5.10 Å². The van der Waals surface area contributed by atoms with Gasteiger partial charge in [0.25, 0.3) is 5.91 Å². The molecule has 1 saturated carbocycles. The third kappa shape index (κ3) is 3.34. The average molecular weight is 348 g/mol. The lowest BCUT2D eigenvalue weighted by atomic mass is 10.2. The standard InChI is InChI=1S/C16H20N4O3S/c1-20(2)24(22,23)15-6-4-3-5-12(15)10-17-16(21)14-9-13(18-19-14)11-7-8-11/h3-6,9,11H,7-8,10H2,1-2H3,(H,17,21)(H,18,19). The summed E-state index contributed by atoms with van der Waals surface area (Å²) >= 11 is 0. The Hall–Kier alpha value is -2.19. The Balaban J connectivity index is 1.73. The number of hydrogen-bond acceptors (Lipinski definition) is 4. The molecular weight excluding hydrogens is 328 g/mol. The summed E-state index contributed by atoms with van der Waals surface area (Å²) < 4.78 is 25.9. The second-order valence-electron chi connectivity index (χ2n) is 6.06. The summed E-state index contributed by atoms with van der Waals surface area (Å²) in [5.41, 5.74) is 1.85. The molecule has 0 aliphatic heterocycles. The van der Waals surface area contributed by atoms with Crippen LogP contribution in [-0.2, 0) is 16.6 Å². The van der Waals surface area contributed by atoms with Gasteiger partial charge in [0, 0.05) is 32.3 Å². The molecule has 0 spiro atoms. The monoisotopic (exact) mass is 348 g/mol. The lowest BCUT2D eigenvalue weighted by Crippen LogP contribution is -2.27. The summed E-state index contributed by atoms with van der Waals surface area (Å²) in [5, 5.41) is 9.64. The van der Waals surface area contributed by atoms with Crippen molar-refractivity contribution in [2.75, 3.05) is 14.1 Å². The maximum atomic E-state index is 12.3. The van der Waals surface area contributed by atoms with Crippen LogP contribution in [0.1, 0.15) is 40.5 Å². The van der Waals surface area contributed by atoms with Crippen molar-refractivity contribution < 1.29 is 13.2 Å². The zero-order chi connectivity index (χ0) is 17.3. The summed E-state index contributed by atoms with van der Waals surface area (Å²) in [6.07, 6.45) is 2.25. The van der Waals surface area contributed by atoms with Crippen LogP contribution in [0.5, 0.6) is 0 Å². The fourth-order valence-electron chi connectivity index (χ4n) is 2.42. The Labute approximate surface area is 141 Å². The SMILES string of the molecule is CN(C)S(=O)(=O)c1ccccc1CNC(=O)c1cc(C2CC2)[nH]n1. The molecule has 1 heterocycles. The Morgan fingerprint density at radius 1 is 1.33 bits per heavy atom. The quantitative estimate of drug-likeness (QED) is 0.826. The van der Waals surface area contributed by atoms with Crippen molar-refractivity contribution in [1.29, 1.82) is 0 Å². The van der Waals surface area contributed by atoms with Crippen LogP contribution in [-0.4, -0.2) is 42.9 Å². The predicted molar refractivity (Wildman–Crippen MR) is 89.0 cm³/mol. The minimum absolute atomic E-state index is 0.119. The molecule has 0 atom stereocenters. The number of nitrogens with one attached hydrogen (secondary N) is 2. The van der Waals surface area contributed by atoms with E-state index in [1.165, 1.54) is 20.2 Å². The zero-order valence-corrected chi connectivity index (χ0v) is 14.4. The number of nitrogens with zero attached hydrogens (tertiary/aromatic N) is 2. The van der Waals surface area contributed by atoms with E-state index in [-0.39, 0.29) is 17.3 Å². The molecule has 8 heteroatoms. The summed E-state index contributed by atoms with van der Waals surface area (Å²) in [5.74, 6) is 0.167. The van der Waals surface area contributed by atoms with Gasteiger partial charge in [0.1, 0.15) is 5.69 Å². The van der Waals surface area contributed by atoms with E-state index in [2.05, 4.69) is 15.5 Å². The van der Waals surface area contributed by atoms with E-state index in [1.54, 1.807) is 24.3 Å². The molecule has 1 aromatic carbocycles. The molecule has 24 heavy (non-hydrogen) atoms. The Morgan fingerprint density at radius 2 is 2.04 bits per heavy atom. The molecule has 0 bridgehead atoms. The largest absolute Gasteiger partial charge is 0.347 e. The van der Waals surface area contributed by atoms with Crippen LogP contribution in [0.2, 0.25) is 0 Å². The number of aromatic nitrogens is 2. The Kier molecular flexibility index (Phi) is 4.42. The summed E-state index contributed by atoms with van der Waals surface area (Å²) in [4.78, 5) is 12.4. The smallest absolute Gasteiger partial charge is 0.272 e. The molecule has 3 rings (SSSR count). The number of sulfonamides is 1. The summed E-state index contributed by atoms with van der Waals surface area (Å²) in [6.45, 7) is 0.119. The van der Waals surface area contributed by atoms with Crippen LogP contribution < -0.4 is 5.32 Å². The van der Waals surface area contributed by atoms with E-state index in [9.17, 15) is 13.2 Å². The average Bonchev–Trinajstić information content (AvgIpc) is 3.29. The van der Waals surface area contributed by atoms with Gasteiger partial charge in [0.05, 0.1) is 4.90 Å². The topological polar surface area (TPSA) is 95.2 Å². The number of carbonyl (C=O) groups is 1. The van der Waals surface area contributed by atoms with Gasteiger partial charge in [-0.3, -0.25) is 9.89 Å². The van der Waals surface area contributed by atoms with Crippen LogP contribution in [0, 0.1) is 0 Å². The second-order valence-corrected chi connectivity index (χ2v) is 8.18. The highest BCUT2D eigenvalue weighted by Gasteiger charge is 2.26. The summed E-state index contributed by atoms with van der Waals surface area (Å²) in [7, 11) is -0.599. The van der Waals surface area contributed by atoms with Gasteiger partial charge >= 0.3 is 0 Å². The van der Waals surface area contributed by atoms with E-state index >= 15 is 0 Å². The van der Waals surface area contributed by atoms with Crippen LogP contribution in [0.15, 0.2) is 35.2 Å². The van der Waals surface area contributed by atoms with Crippen LogP contribution >= 0.6 is 0 Å². The number of aromatic amines is 1. The van der Waals surface area contributed by atoms with Crippen molar-refractivity contribution in [2.24, 2.45) is 0 Å². The molecule has 128 valence electrons. The molecule has 7 nitrogen and oxygen atoms in total. The Morgan fingerprint density at radius 3 is 2.71 bits per heavy atom. The Bertz CT molecular complexity index is 854. The first-order chi connectivity index (χ1) is 11.4. The van der Waals surface area contributed by atoms with E-state index in [0.717, 1.165) is 22.8 Å². The molecular formula is C16H20N4O3S. The molecule has 0 unspecified atom stereocenters. The van der Waals surface area contributed by atoms with Gasteiger partial charge in [-0.05, 0) is 30.5 Å². The van der Waals surface area contributed by atoms with Gasteiger partial charge in [0.2, 0.25) is 10.0 Å². The van der Waals surface area contributed by atoms with E-state index in [0.29, 0.717) is 17.2 Å². The van der Waals surface area contributed by atoms with Gasteiger partial charge in [0.15, 0.2) is 0 Å².